The number of furan rings is 1. The number of para-hydroxylation sites is 2. The predicted molar refractivity (Wildman–Crippen MR) is 117 cm³/mol. The van der Waals surface area contributed by atoms with Crippen LogP contribution in [0.4, 0.5) is 0 Å². The molecule has 31 heavy (non-hydrogen) atoms. The Bertz CT molecular complexity index is 1040. The highest BCUT2D eigenvalue weighted by Gasteiger charge is 2.25. The minimum atomic E-state index is -0.672. The summed E-state index contributed by atoms with van der Waals surface area (Å²) in [7, 11) is 0. The summed E-state index contributed by atoms with van der Waals surface area (Å²) < 4.78 is 16.9. The molecule has 1 heterocycles. The zero-order valence-electron chi connectivity index (χ0n) is 17.6. The van der Waals surface area contributed by atoms with E-state index in [-0.39, 0.29) is 30.9 Å². The molecule has 6 heteroatoms. The van der Waals surface area contributed by atoms with E-state index < -0.39 is 5.97 Å². The Morgan fingerprint density at radius 1 is 1.03 bits per heavy atom. The second kappa shape index (κ2) is 9.69. The third-order valence-corrected chi connectivity index (χ3v) is 5.80. The van der Waals surface area contributed by atoms with Gasteiger partial charge in [-0.1, -0.05) is 56.2 Å². The van der Waals surface area contributed by atoms with E-state index in [1.807, 2.05) is 48.5 Å². The minimum absolute atomic E-state index is 0.0657. The van der Waals surface area contributed by atoms with Crippen LogP contribution in [0.5, 0.6) is 5.75 Å². The quantitative estimate of drug-likeness (QED) is 0.551. The van der Waals surface area contributed by atoms with Gasteiger partial charge in [0, 0.05) is 11.4 Å². The number of benzene rings is 2. The molecule has 6 nitrogen and oxygen atoms in total. The van der Waals surface area contributed by atoms with Crippen molar-refractivity contribution in [1.29, 1.82) is 0 Å². The molecule has 2 aromatic carbocycles. The SMILES string of the molecule is C[C@H]1CCCC[C@H]1NC(=O)COC(=O)c1oc2ccccc2c1COc1ccccc1. The van der Waals surface area contributed by atoms with Crippen molar-refractivity contribution in [1.82, 2.24) is 5.32 Å². The molecule has 1 fully saturated rings. The maximum absolute atomic E-state index is 12.8. The fourth-order valence-electron chi connectivity index (χ4n) is 4.05. The van der Waals surface area contributed by atoms with Gasteiger partial charge >= 0.3 is 5.97 Å². The van der Waals surface area contributed by atoms with E-state index in [0.29, 0.717) is 22.8 Å². The van der Waals surface area contributed by atoms with E-state index in [0.717, 1.165) is 24.6 Å². The second-order valence-corrected chi connectivity index (χ2v) is 8.02. The minimum Gasteiger partial charge on any atom is -0.489 e. The molecule has 0 radical (unpaired) electrons. The summed E-state index contributed by atoms with van der Waals surface area (Å²) in [6.45, 7) is 1.96. The van der Waals surface area contributed by atoms with Crippen LogP contribution in [0.2, 0.25) is 0 Å². The molecule has 4 rings (SSSR count). The van der Waals surface area contributed by atoms with Gasteiger partial charge in [0.1, 0.15) is 17.9 Å². The lowest BCUT2D eigenvalue weighted by molar-refractivity contribution is -0.125. The van der Waals surface area contributed by atoms with Gasteiger partial charge in [-0.15, -0.1) is 0 Å². The molecule has 0 saturated heterocycles. The number of nitrogens with one attached hydrogen (secondary N) is 1. The Morgan fingerprint density at radius 3 is 2.58 bits per heavy atom. The summed E-state index contributed by atoms with van der Waals surface area (Å²) in [4.78, 5) is 25.1. The number of rotatable bonds is 7. The van der Waals surface area contributed by atoms with E-state index in [4.69, 9.17) is 13.9 Å². The van der Waals surface area contributed by atoms with E-state index in [1.54, 1.807) is 6.07 Å². The van der Waals surface area contributed by atoms with Crippen LogP contribution in [-0.2, 0) is 16.1 Å². The van der Waals surface area contributed by atoms with Crippen molar-refractivity contribution < 1.29 is 23.5 Å². The molecule has 0 spiro atoms. The van der Waals surface area contributed by atoms with Crippen LogP contribution in [0.3, 0.4) is 0 Å². The Balaban J connectivity index is 1.43. The average molecular weight is 421 g/mol. The fraction of sp³-hybridized carbons (Fsp3) is 0.360. The number of fused-ring (bicyclic) bond motifs is 1. The van der Waals surface area contributed by atoms with E-state index in [9.17, 15) is 9.59 Å². The third-order valence-electron chi connectivity index (χ3n) is 5.80. The highest BCUT2D eigenvalue weighted by Crippen LogP contribution is 2.28. The Kier molecular flexibility index (Phi) is 6.55. The van der Waals surface area contributed by atoms with Crippen LogP contribution in [0.15, 0.2) is 59.0 Å². The number of carbonyl (C=O) groups is 2. The van der Waals surface area contributed by atoms with Gasteiger partial charge in [-0.3, -0.25) is 4.79 Å². The maximum atomic E-state index is 12.8. The zero-order chi connectivity index (χ0) is 21.6. The predicted octanol–water partition coefficient (Wildman–Crippen LogP) is 4.86. The van der Waals surface area contributed by atoms with Crippen molar-refractivity contribution in [2.45, 2.75) is 45.3 Å². The molecule has 1 aliphatic rings. The van der Waals surface area contributed by atoms with Crippen molar-refractivity contribution >= 4 is 22.8 Å². The lowest BCUT2D eigenvalue weighted by Crippen LogP contribution is -2.42. The van der Waals surface area contributed by atoms with Crippen molar-refractivity contribution in [3.8, 4) is 5.75 Å². The molecule has 0 bridgehead atoms. The third kappa shape index (κ3) is 5.08. The molecule has 1 saturated carbocycles. The Morgan fingerprint density at radius 2 is 1.77 bits per heavy atom. The van der Waals surface area contributed by atoms with Crippen LogP contribution in [0.25, 0.3) is 11.0 Å². The van der Waals surface area contributed by atoms with E-state index in [1.165, 1.54) is 6.42 Å². The van der Waals surface area contributed by atoms with E-state index >= 15 is 0 Å². The first-order chi connectivity index (χ1) is 15.1. The highest BCUT2D eigenvalue weighted by atomic mass is 16.5. The number of hydrogen-bond donors (Lipinski definition) is 1. The van der Waals surface area contributed by atoms with Crippen LogP contribution in [0, 0.1) is 5.92 Å². The molecule has 3 aromatic rings. The Labute approximate surface area is 181 Å². The standard InChI is InChI=1S/C25H27NO5/c1-17-9-5-7-13-21(17)26-23(27)16-30-25(28)24-20(15-29-18-10-3-2-4-11-18)19-12-6-8-14-22(19)31-24/h2-4,6,8,10-12,14,17,21H,5,7,9,13,15-16H2,1H3,(H,26,27)/t17-,21+/m0/s1. The van der Waals surface area contributed by atoms with Gasteiger partial charge in [0.2, 0.25) is 5.76 Å². The summed E-state index contributed by atoms with van der Waals surface area (Å²) >= 11 is 0. The van der Waals surface area contributed by atoms with Crippen LogP contribution >= 0.6 is 0 Å². The van der Waals surface area contributed by atoms with Gasteiger partial charge < -0.3 is 19.2 Å². The first-order valence-corrected chi connectivity index (χ1v) is 10.8. The maximum Gasteiger partial charge on any atom is 0.375 e. The average Bonchev–Trinajstić information content (AvgIpc) is 3.17. The molecule has 1 aromatic heterocycles. The van der Waals surface area contributed by atoms with Crippen molar-refractivity contribution in [2.24, 2.45) is 5.92 Å². The first kappa shape index (κ1) is 21.0. The topological polar surface area (TPSA) is 77.8 Å². The number of hydrogen-bond acceptors (Lipinski definition) is 5. The largest absolute Gasteiger partial charge is 0.489 e. The smallest absolute Gasteiger partial charge is 0.375 e. The molecule has 1 amide bonds. The lowest BCUT2D eigenvalue weighted by Gasteiger charge is -2.29. The molecule has 0 unspecified atom stereocenters. The molecule has 1 N–H and O–H groups in total. The van der Waals surface area contributed by atoms with Gasteiger partial charge in [0.15, 0.2) is 6.61 Å². The van der Waals surface area contributed by atoms with E-state index in [2.05, 4.69) is 12.2 Å². The fourth-order valence-corrected chi connectivity index (χ4v) is 4.05. The van der Waals surface area contributed by atoms with Crippen LogP contribution < -0.4 is 10.1 Å². The number of carbonyl (C=O) groups excluding carboxylic acids is 2. The summed E-state index contributed by atoms with van der Waals surface area (Å²) in [6, 6.07) is 16.9. The van der Waals surface area contributed by atoms with Gasteiger partial charge in [-0.25, -0.2) is 4.79 Å². The summed E-state index contributed by atoms with van der Waals surface area (Å²) in [5, 5.41) is 3.78. The molecular weight excluding hydrogens is 394 g/mol. The molecule has 1 aliphatic carbocycles. The summed E-state index contributed by atoms with van der Waals surface area (Å²) in [5.74, 6) is 0.231. The van der Waals surface area contributed by atoms with Gasteiger partial charge in [0.05, 0.1) is 5.56 Å². The molecule has 2 atom stereocenters. The Hall–Kier alpha value is -3.28. The summed E-state index contributed by atoms with van der Waals surface area (Å²) in [6.07, 6.45) is 4.38. The first-order valence-electron chi connectivity index (χ1n) is 10.8. The molecule has 0 aliphatic heterocycles. The normalized spacial score (nSPS) is 18.5. The lowest BCUT2D eigenvalue weighted by atomic mass is 9.86. The molecule has 162 valence electrons. The van der Waals surface area contributed by atoms with Gasteiger partial charge in [-0.05, 0) is 37.0 Å². The summed E-state index contributed by atoms with van der Waals surface area (Å²) in [5.41, 5.74) is 1.17. The number of esters is 1. The van der Waals surface area contributed by atoms with Crippen LogP contribution in [0.1, 0.15) is 48.7 Å². The zero-order valence-corrected chi connectivity index (χ0v) is 17.6. The number of ether oxygens (including phenoxy) is 2. The highest BCUT2D eigenvalue weighted by molar-refractivity contribution is 5.96. The number of amides is 1. The van der Waals surface area contributed by atoms with Crippen LogP contribution in [-0.4, -0.2) is 24.5 Å². The monoisotopic (exact) mass is 421 g/mol. The van der Waals surface area contributed by atoms with Gasteiger partial charge in [0.25, 0.3) is 5.91 Å². The van der Waals surface area contributed by atoms with Gasteiger partial charge in [-0.2, -0.15) is 0 Å². The van der Waals surface area contributed by atoms with Crippen molar-refractivity contribution in [3.05, 3.63) is 65.9 Å². The molecular formula is C25H27NO5. The second-order valence-electron chi connectivity index (χ2n) is 8.02. The van der Waals surface area contributed by atoms with Crippen molar-refractivity contribution in [3.63, 3.8) is 0 Å². The van der Waals surface area contributed by atoms with Crippen molar-refractivity contribution in [2.75, 3.05) is 6.61 Å².